The van der Waals surface area contributed by atoms with Gasteiger partial charge in [-0.05, 0) is 11.6 Å². The lowest BCUT2D eigenvalue weighted by atomic mass is 10.1. The number of hydrogen-bond acceptors (Lipinski definition) is 5. The molecule has 0 radical (unpaired) electrons. The largest absolute Gasteiger partial charge is 0.417 e. The fourth-order valence-electron chi connectivity index (χ4n) is 3.13. The van der Waals surface area contributed by atoms with Crippen molar-refractivity contribution in [1.82, 2.24) is 19.9 Å². The Morgan fingerprint density at radius 2 is 1.90 bits per heavy atom. The molecule has 4 aromatic rings. The van der Waals surface area contributed by atoms with Gasteiger partial charge in [0.15, 0.2) is 0 Å². The monoisotopic (exact) mass is 408 g/mol. The van der Waals surface area contributed by atoms with Crippen LogP contribution in [-0.2, 0) is 12.7 Å². The summed E-state index contributed by atoms with van der Waals surface area (Å²) in [5.74, 6) is 0.349. The van der Waals surface area contributed by atoms with E-state index < -0.39 is 11.7 Å². The number of fused-ring (bicyclic) bond motifs is 1. The van der Waals surface area contributed by atoms with E-state index in [-0.39, 0.29) is 22.3 Å². The number of halogens is 3. The minimum atomic E-state index is -4.53. The fourth-order valence-corrected chi connectivity index (χ4v) is 3.13. The predicted octanol–water partition coefficient (Wildman–Crippen LogP) is 4.55. The topological polar surface area (TPSA) is 81.5 Å². The van der Waals surface area contributed by atoms with Crippen molar-refractivity contribution >= 4 is 17.0 Å². The minimum Gasteiger partial charge on any atom is -0.345 e. The molecule has 0 amide bonds. The molecule has 0 spiro atoms. The van der Waals surface area contributed by atoms with Crippen LogP contribution in [0.25, 0.3) is 22.3 Å². The van der Waals surface area contributed by atoms with Gasteiger partial charge in [0.2, 0.25) is 5.95 Å². The average Bonchev–Trinajstić information content (AvgIpc) is 3.16. The molecular weight excluding hydrogens is 393 g/mol. The Labute approximate surface area is 169 Å². The van der Waals surface area contributed by atoms with Gasteiger partial charge in [0.05, 0.1) is 23.0 Å². The number of hydrogen-bond donors (Lipinski definition) is 1. The van der Waals surface area contributed by atoms with Crippen molar-refractivity contribution in [1.29, 1.82) is 5.26 Å². The first-order chi connectivity index (χ1) is 14.4. The number of rotatable bonds is 4. The number of pyridine rings is 1. The van der Waals surface area contributed by atoms with Crippen LogP contribution in [0.4, 0.5) is 19.1 Å². The fraction of sp³-hybridized carbons (Fsp3) is 0.143. The summed E-state index contributed by atoms with van der Waals surface area (Å²) in [5.41, 5.74) is 1.21. The number of alkyl halides is 3. The molecule has 1 N–H and O–H groups in total. The quantitative estimate of drug-likeness (QED) is 0.536. The molecule has 0 aliphatic heterocycles. The maximum absolute atomic E-state index is 13.1. The second-order valence-corrected chi connectivity index (χ2v) is 6.71. The molecule has 3 heterocycles. The number of nitriles is 1. The highest BCUT2D eigenvalue weighted by molar-refractivity contribution is 5.94. The Bertz CT molecular complexity index is 1240. The lowest BCUT2D eigenvalue weighted by Gasteiger charge is -2.18. The molecule has 0 unspecified atom stereocenters. The molecule has 0 saturated heterocycles. The maximum Gasteiger partial charge on any atom is 0.417 e. The highest BCUT2D eigenvalue weighted by Crippen LogP contribution is 2.34. The van der Waals surface area contributed by atoms with Crippen LogP contribution in [0.1, 0.15) is 16.7 Å². The Hall–Kier alpha value is -3.93. The highest BCUT2D eigenvalue weighted by atomic mass is 19.4. The lowest BCUT2D eigenvalue weighted by Crippen LogP contribution is -2.19. The normalized spacial score (nSPS) is 11.4. The SMILES string of the molecule is CN(Cc1ccccc1)c1ncc(C#N)c(-c2c[nH]c3ncc(C(F)(F)F)cc23)n1. The van der Waals surface area contributed by atoms with E-state index >= 15 is 0 Å². The van der Waals surface area contributed by atoms with Gasteiger partial charge in [-0.15, -0.1) is 0 Å². The van der Waals surface area contributed by atoms with E-state index in [1.165, 1.54) is 12.4 Å². The van der Waals surface area contributed by atoms with Crippen molar-refractivity contribution in [3.8, 4) is 17.3 Å². The van der Waals surface area contributed by atoms with Gasteiger partial charge < -0.3 is 9.88 Å². The zero-order valence-corrected chi connectivity index (χ0v) is 15.8. The first-order valence-corrected chi connectivity index (χ1v) is 8.93. The van der Waals surface area contributed by atoms with E-state index in [2.05, 4.69) is 19.9 Å². The summed E-state index contributed by atoms with van der Waals surface area (Å²) in [5, 5.41) is 9.72. The molecule has 1 aromatic carbocycles. The second-order valence-electron chi connectivity index (χ2n) is 6.71. The zero-order valence-electron chi connectivity index (χ0n) is 15.8. The van der Waals surface area contributed by atoms with E-state index in [1.54, 1.807) is 11.9 Å². The van der Waals surface area contributed by atoms with Crippen molar-refractivity contribution < 1.29 is 13.2 Å². The molecule has 0 aliphatic carbocycles. The number of anilines is 1. The van der Waals surface area contributed by atoms with E-state index in [4.69, 9.17) is 0 Å². The first kappa shape index (κ1) is 19.4. The Morgan fingerprint density at radius 1 is 1.13 bits per heavy atom. The third-order valence-corrected chi connectivity index (χ3v) is 4.61. The van der Waals surface area contributed by atoms with E-state index in [9.17, 15) is 18.4 Å². The van der Waals surface area contributed by atoms with Crippen LogP contribution in [0, 0.1) is 11.3 Å². The Balaban J connectivity index is 1.79. The lowest BCUT2D eigenvalue weighted by molar-refractivity contribution is -0.137. The van der Waals surface area contributed by atoms with Gasteiger partial charge in [0.1, 0.15) is 11.7 Å². The van der Waals surface area contributed by atoms with Crippen LogP contribution in [-0.4, -0.2) is 27.0 Å². The number of aromatic nitrogens is 4. The smallest absolute Gasteiger partial charge is 0.345 e. The third-order valence-electron chi connectivity index (χ3n) is 4.61. The van der Waals surface area contributed by atoms with Crippen LogP contribution in [0.3, 0.4) is 0 Å². The van der Waals surface area contributed by atoms with E-state index in [0.29, 0.717) is 18.1 Å². The standard InChI is InChI=1S/C21H15F3N6/c1-30(12-13-5-3-2-4-6-13)20-28-9-14(8-25)18(29-20)17-11-27-19-16(17)7-15(10-26-19)21(22,23)24/h2-7,9-11H,12H2,1H3,(H,26,27). The summed E-state index contributed by atoms with van der Waals surface area (Å²) in [4.78, 5) is 17.2. The van der Waals surface area contributed by atoms with Crippen LogP contribution < -0.4 is 4.90 Å². The van der Waals surface area contributed by atoms with Crippen molar-refractivity contribution in [2.75, 3.05) is 11.9 Å². The number of H-pyrrole nitrogens is 1. The van der Waals surface area contributed by atoms with Gasteiger partial charge in [-0.1, -0.05) is 30.3 Å². The van der Waals surface area contributed by atoms with E-state index in [1.807, 2.05) is 36.4 Å². The number of aromatic amines is 1. The second kappa shape index (κ2) is 7.48. The third kappa shape index (κ3) is 3.67. The highest BCUT2D eigenvalue weighted by Gasteiger charge is 2.31. The average molecular weight is 408 g/mol. The number of benzene rings is 1. The van der Waals surface area contributed by atoms with E-state index in [0.717, 1.165) is 17.8 Å². The molecule has 0 fully saturated rings. The van der Waals surface area contributed by atoms with Gasteiger partial charge in [-0.3, -0.25) is 0 Å². The molecule has 6 nitrogen and oxygen atoms in total. The molecule has 0 aliphatic rings. The van der Waals surface area contributed by atoms with Gasteiger partial charge in [-0.25, -0.2) is 15.0 Å². The molecule has 150 valence electrons. The van der Waals surface area contributed by atoms with Crippen LogP contribution in [0.5, 0.6) is 0 Å². The summed E-state index contributed by atoms with van der Waals surface area (Å²) in [6.07, 6.45) is -0.881. The van der Waals surface area contributed by atoms with Gasteiger partial charge in [0, 0.05) is 36.9 Å². The molecule has 9 heteroatoms. The van der Waals surface area contributed by atoms with Gasteiger partial charge in [0.25, 0.3) is 0 Å². The number of nitrogens with one attached hydrogen (secondary N) is 1. The van der Waals surface area contributed by atoms with Crippen LogP contribution in [0.2, 0.25) is 0 Å². The summed E-state index contributed by atoms with van der Waals surface area (Å²) in [6, 6.07) is 12.7. The molecule has 0 atom stereocenters. The Morgan fingerprint density at radius 3 is 2.60 bits per heavy atom. The summed E-state index contributed by atoms with van der Waals surface area (Å²) >= 11 is 0. The summed E-state index contributed by atoms with van der Waals surface area (Å²) in [6.45, 7) is 0.528. The predicted molar refractivity (Wildman–Crippen MR) is 105 cm³/mol. The summed E-state index contributed by atoms with van der Waals surface area (Å²) < 4.78 is 39.4. The van der Waals surface area contributed by atoms with Crippen LogP contribution in [0.15, 0.2) is 55.0 Å². The zero-order chi connectivity index (χ0) is 21.3. The first-order valence-electron chi connectivity index (χ1n) is 8.93. The summed E-state index contributed by atoms with van der Waals surface area (Å²) in [7, 11) is 1.80. The molecule has 30 heavy (non-hydrogen) atoms. The van der Waals surface area contributed by atoms with Gasteiger partial charge >= 0.3 is 6.18 Å². The van der Waals surface area contributed by atoms with Crippen molar-refractivity contribution in [3.63, 3.8) is 0 Å². The Kier molecular flexibility index (Phi) is 4.83. The minimum absolute atomic E-state index is 0.158. The molecule has 0 saturated carbocycles. The molecule has 0 bridgehead atoms. The number of nitrogens with zero attached hydrogens (tertiary/aromatic N) is 5. The van der Waals surface area contributed by atoms with Crippen molar-refractivity contribution in [2.24, 2.45) is 0 Å². The van der Waals surface area contributed by atoms with Crippen molar-refractivity contribution in [3.05, 3.63) is 71.7 Å². The van der Waals surface area contributed by atoms with Gasteiger partial charge in [-0.2, -0.15) is 18.4 Å². The molecule has 4 rings (SSSR count). The van der Waals surface area contributed by atoms with Crippen LogP contribution >= 0.6 is 0 Å². The molecular formula is C21H15F3N6. The van der Waals surface area contributed by atoms with Crippen molar-refractivity contribution in [2.45, 2.75) is 12.7 Å². The maximum atomic E-state index is 13.1. The molecule has 3 aromatic heterocycles.